The largest absolute Gasteiger partial charge is 0.378 e. The van der Waals surface area contributed by atoms with E-state index < -0.39 is 0 Å². The predicted octanol–water partition coefficient (Wildman–Crippen LogP) is 3.83. The number of anilines is 2. The Balaban J connectivity index is 1.78. The SMILES string of the molecule is CC(=O)N1CCc2cc(NC(C)c3cccs3)ccc21. The number of thiophene rings is 1. The minimum atomic E-state index is 0.122. The Morgan fingerprint density at radius 2 is 2.25 bits per heavy atom. The summed E-state index contributed by atoms with van der Waals surface area (Å²) in [5.41, 5.74) is 3.44. The van der Waals surface area contributed by atoms with E-state index in [2.05, 4.69) is 41.9 Å². The molecule has 0 radical (unpaired) electrons. The summed E-state index contributed by atoms with van der Waals surface area (Å²) in [5, 5.41) is 5.62. The molecule has 104 valence electrons. The zero-order valence-electron chi connectivity index (χ0n) is 11.7. The fourth-order valence-electron chi connectivity index (χ4n) is 2.68. The number of hydrogen-bond acceptors (Lipinski definition) is 3. The molecule has 4 heteroatoms. The lowest BCUT2D eigenvalue weighted by molar-refractivity contribution is -0.116. The lowest BCUT2D eigenvalue weighted by Crippen LogP contribution is -2.25. The van der Waals surface area contributed by atoms with E-state index >= 15 is 0 Å². The molecule has 0 saturated heterocycles. The van der Waals surface area contributed by atoms with Crippen LogP contribution in [-0.4, -0.2) is 12.5 Å². The van der Waals surface area contributed by atoms with Crippen molar-refractivity contribution in [2.75, 3.05) is 16.8 Å². The number of fused-ring (bicyclic) bond motifs is 1. The molecule has 0 fully saturated rings. The third kappa shape index (κ3) is 2.43. The molecule has 1 aliphatic heterocycles. The van der Waals surface area contributed by atoms with Gasteiger partial charge in [0.1, 0.15) is 0 Å². The lowest BCUT2D eigenvalue weighted by Gasteiger charge is -2.17. The molecular formula is C16H18N2OS. The van der Waals surface area contributed by atoms with Crippen LogP contribution < -0.4 is 10.2 Å². The summed E-state index contributed by atoms with van der Waals surface area (Å²) in [4.78, 5) is 14.7. The monoisotopic (exact) mass is 286 g/mol. The highest BCUT2D eigenvalue weighted by Crippen LogP contribution is 2.32. The maximum Gasteiger partial charge on any atom is 0.223 e. The van der Waals surface area contributed by atoms with Crippen LogP contribution in [-0.2, 0) is 11.2 Å². The standard InChI is InChI=1S/C16H18N2OS/c1-11(16-4-3-9-20-16)17-14-5-6-15-13(10-14)7-8-18(15)12(2)19/h3-6,9-11,17H,7-8H2,1-2H3. The van der Waals surface area contributed by atoms with Gasteiger partial charge in [0.15, 0.2) is 0 Å². The molecule has 1 aliphatic rings. The van der Waals surface area contributed by atoms with Gasteiger partial charge in [-0.3, -0.25) is 4.79 Å². The van der Waals surface area contributed by atoms with Gasteiger partial charge < -0.3 is 10.2 Å². The van der Waals surface area contributed by atoms with Crippen molar-refractivity contribution in [1.82, 2.24) is 0 Å². The van der Waals surface area contributed by atoms with Crippen LogP contribution >= 0.6 is 11.3 Å². The number of hydrogen-bond donors (Lipinski definition) is 1. The third-order valence-corrected chi connectivity index (χ3v) is 4.76. The van der Waals surface area contributed by atoms with Crippen molar-refractivity contribution in [3.8, 4) is 0 Å². The van der Waals surface area contributed by atoms with Crippen molar-refractivity contribution in [1.29, 1.82) is 0 Å². The lowest BCUT2D eigenvalue weighted by atomic mass is 10.1. The minimum absolute atomic E-state index is 0.122. The number of benzene rings is 1. The molecule has 2 heterocycles. The van der Waals surface area contributed by atoms with E-state index in [4.69, 9.17) is 0 Å². The maximum absolute atomic E-state index is 11.5. The Morgan fingerprint density at radius 1 is 1.40 bits per heavy atom. The highest BCUT2D eigenvalue weighted by molar-refractivity contribution is 7.10. The van der Waals surface area contributed by atoms with Crippen LogP contribution in [0.15, 0.2) is 35.7 Å². The second kappa shape index (κ2) is 5.29. The first kappa shape index (κ1) is 13.2. The summed E-state index contributed by atoms with van der Waals surface area (Å²) in [7, 11) is 0. The van der Waals surface area contributed by atoms with Gasteiger partial charge in [-0.15, -0.1) is 11.3 Å². The van der Waals surface area contributed by atoms with E-state index in [-0.39, 0.29) is 5.91 Å². The topological polar surface area (TPSA) is 32.3 Å². The first-order valence-electron chi connectivity index (χ1n) is 6.86. The van der Waals surface area contributed by atoms with Crippen molar-refractivity contribution < 1.29 is 4.79 Å². The number of carbonyl (C=O) groups is 1. The van der Waals surface area contributed by atoms with Crippen molar-refractivity contribution in [2.45, 2.75) is 26.3 Å². The highest BCUT2D eigenvalue weighted by atomic mass is 32.1. The van der Waals surface area contributed by atoms with Crippen LogP contribution in [0.25, 0.3) is 0 Å². The van der Waals surface area contributed by atoms with Gasteiger partial charge in [0.05, 0.1) is 6.04 Å². The van der Waals surface area contributed by atoms with Crippen LogP contribution in [0.2, 0.25) is 0 Å². The van der Waals surface area contributed by atoms with Gasteiger partial charge in [-0.25, -0.2) is 0 Å². The average Bonchev–Trinajstić information content (AvgIpc) is 3.07. The van der Waals surface area contributed by atoms with Gasteiger partial charge in [0, 0.05) is 29.7 Å². The zero-order chi connectivity index (χ0) is 14.1. The van der Waals surface area contributed by atoms with E-state index in [1.54, 1.807) is 18.3 Å². The summed E-state index contributed by atoms with van der Waals surface area (Å²) >= 11 is 1.76. The predicted molar refractivity (Wildman–Crippen MR) is 84.5 cm³/mol. The van der Waals surface area contributed by atoms with Gasteiger partial charge in [-0.1, -0.05) is 6.07 Å². The molecule has 3 rings (SSSR count). The van der Waals surface area contributed by atoms with Crippen molar-refractivity contribution in [2.24, 2.45) is 0 Å². The van der Waals surface area contributed by atoms with E-state index in [9.17, 15) is 4.79 Å². The van der Waals surface area contributed by atoms with Gasteiger partial charge in [0.2, 0.25) is 5.91 Å². The summed E-state index contributed by atoms with van der Waals surface area (Å²) in [6.07, 6.45) is 0.942. The van der Waals surface area contributed by atoms with Crippen molar-refractivity contribution >= 4 is 28.6 Å². The maximum atomic E-state index is 11.5. The van der Waals surface area contributed by atoms with Crippen molar-refractivity contribution in [3.05, 3.63) is 46.2 Å². The molecule has 1 atom stereocenters. The first-order chi connectivity index (χ1) is 9.65. The van der Waals surface area contributed by atoms with Gasteiger partial charge in [-0.2, -0.15) is 0 Å². The van der Waals surface area contributed by atoms with Crippen LogP contribution in [0.4, 0.5) is 11.4 Å². The van der Waals surface area contributed by atoms with Gasteiger partial charge >= 0.3 is 0 Å². The average molecular weight is 286 g/mol. The van der Waals surface area contributed by atoms with Crippen LogP contribution in [0.3, 0.4) is 0 Å². The molecule has 0 spiro atoms. The molecule has 1 N–H and O–H groups in total. The molecular weight excluding hydrogens is 268 g/mol. The molecule has 0 aliphatic carbocycles. The minimum Gasteiger partial charge on any atom is -0.378 e. The number of amides is 1. The molecule has 1 unspecified atom stereocenters. The summed E-state index contributed by atoms with van der Waals surface area (Å²) in [6, 6.07) is 10.8. The normalized spacial score (nSPS) is 15.0. The smallest absolute Gasteiger partial charge is 0.223 e. The second-order valence-electron chi connectivity index (χ2n) is 5.15. The molecule has 0 saturated carbocycles. The molecule has 3 nitrogen and oxygen atoms in total. The Morgan fingerprint density at radius 3 is 2.95 bits per heavy atom. The highest BCUT2D eigenvalue weighted by Gasteiger charge is 2.22. The molecule has 1 aromatic heterocycles. The van der Waals surface area contributed by atoms with Crippen molar-refractivity contribution in [3.63, 3.8) is 0 Å². The van der Waals surface area contributed by atoms with Gasteiger partial charge in [-0.05, 0) is 48.6 Å². The Labute approximate surface area is 123 Å². The quantitative estimate of drug-likeness (QED) is 0.930. The molecule has 2 aromatic rings. The molecule has 20 heavy (non-hydrogen) atoms. The Bertz CT molecular complexity index is 621. The molecule has 1 aromatic carbocycles. The van der Waals surface area contributed by atoms with E-state index in [0.717, 1.165) is 24.3 Å². The number of carbonyl (C=O) groups excluding carboxylic acids is 1. The summed E-state index contributed by atoms with van der Waals surface area (Å²) < 4.78 is 0. The van der Waals surface area contributed by atoms with Crippen LogP contribution in [0.1, 0.15) is 30.3 Å². The van der Waals surface area contributed by atoms with Crippen LogP contribution in [0, 0.1) is 0 Å². The van der Waals surface area contributed by atoms with E-state index in [1.165, 1.54) is 10.4 Å². The van der Waals surface area contributed by atoms with E-state index in [0.29, 0.717) is 6.04 Å². The molecule has 1 amide bonds. The van der Waals surface area contributed by atoms with Crippen LogP contribution in [0.5, 0.6) is 0 Å². The first-order valence-corrected chi connectivity index (χ1v) is 7.74. The zero-order valence-corrected chi connectivity index (χ0v) is 12.5. The van der Waals surface area contributed by atoms with Gasteiger partial charge in [0.25, 0.3) is 0 Å². The fourth-order valence-corrected chi connectivity index (χ4v) is 3.41. The summed E-state index contributed by atoms with van der Waals surface area (Å²) in [6.45, 7) is 4.59. The summed E-state index contributed by atoms with van der Waals surface area (Å²) in [5.74, 6) is 0.122. The fraction of sp³-hybridized carbons (Fsp3) is 0.312. The Hall–Kier alpha value is -1.81. The number of nitrogens with zero attached hydrogens (tertiary/aromatic N) is 1. The second-order valence-corrected chi connectivity index (χ2v) is 6.12. The Kier molecular flexibility index (Phi) is 3.49. The third-order valence-electron chi connectivity index (χ3n) is 3.71. The number of nitrogens with one attached hydrogen (secondary N) is 1. The molecule has 0 bridgehead atoms. The van der Waals surface area contributed by atoms with E-state index in [1.807, 2.05) is 11.0 Å². The number of rotatable bonds is 3.